The molecule has 0 aliphatic heterocycles. The third-order valence-electron chi connectivity index (χ3n) is 0.639. The Labute approximate surface area is 50.7 Å². The van der Waals surface area contributed by atoms with Crippen molar-refractivity contribution in [3.63, 3.8) is 0 Å². The summed E-state index contributed by atoms with van der Waals surface area (Å²) in [5.41, 5.74) is -1.31. The van der Waals surface area contributed by atoms with E-state index in [0.29, 0.717) is 6.08 Å². The van der Waals surface area contributed by atoms with Crippen LogP contribution in [0.1, 0.15) is 6.92 Å². The largest absolute Gasteiger partial charge is 0.432 e. The monoisotopic (exact) mass is 137 g/mol. The first-order chi connectivity index (χ1) is 3.98. The van der Waals surface area contributed by atoms with Gasteiger partial charge in [0.1, 0.15) is 5.71 Å². The summed E-state index contributed by atoms with van der Waals surface area (Å²) in [5.74, 6) is 0. The lowest BCUT2D eigenvalue weighted by Gasteiger charge is -2.01. The minimum absolute atomic E-state index is 0.708. The van der Waals surface area contributed by atoms with E-state index in [2.05, 4.69) is 0 Å². The lowest BCUT2D eigenvalue weighted by Crippen LogP contribution is -2.18. The van der Waals surface area contributed by atoms with Crippen molar-refractivity contribution >= 4 is 5.71 Å². The summed E-state index contributed by atoms with van der Waals surface area (Å²) in [6, 6.07) is 0. The highest BCUT2D eigenvalue weighted by Gasteiger charge is 2.31. The summed E-state index contributed by atoms with van der Waals surface area (Å²) in [6.07, 6.45) is -2.61. The minimum Gasteiger partial charge on any atom is -0.296 e. The lowest BCUT2D eigenvalue weighted by molar-refractivity contribution is -0.0584. The highest BCUT2D eigenvalue weighted by molar-refractivity contribution is 5.96. The molecule has 1 N–H and O–H groups in total. The molecule has 0 rings (SSSR count). The normalized spacial score (nSPS) is 12.4. The fraction of sp³-hybridized carbons (Fsp3) is 0.400. The van der Waals surface area contributed by atoms with Crippen molar-refractivity contribution in [3.8, 4) is 0 Å². The second-order valence-electron chi connectivity index (χ2n) is 1.41. The maximum Gasteiger partial charge on any atom is 0.432 e. The molecule has 52 valence electrons. The number of allylic oxidation sites excluding steroid dienone is 2. The number of nitrogens with one attached hydrogen (secondary N) is 1. The Morgan fingerprint density at radius 3 is 2.00 bits per heavy atom. The Balaban J connectivity index is 4.06. The topological polar surface area (TPSA) is 23.9 Å². The van der Waals surface area contributed by atoms with Crippen LogP contribution < -0.4 is 0 Å². The first-order valence-corrected chi connectivity index (χ1v) is 2.27. The van der Waals surface area contributed by atoms with Crippen LogP contribution in [0.4, 0.5) is 13.2 Å². The molecule has 0 bridgehead atoms. The third-order valence-corrected chi connectivity index (χ3v) is 0.639. The molecule has 9 heavy (non-hydrogen) atoms. The summed E-state index contributed by atoms with van der Waals surface area (Å²) in [6.45, 7) is 1.43. The molecule has 0 radical (unpaired) electrons. The summed E-state index contributed by atoms with van der Waals surface area (Å²) in [5, 5.41) is 6.33. The maximum atomic E-state index is 11.4. The van der Waals surface area contributed by atoms with Crippen LogP contribution in [-0.2, 0) is 0 Å². The zero-order valence-corrected chi connectivity index (χ0v) is 4.79. The van der Waals surface area contributed by atoms with Gasteiger partial charge >= 0.3 is 6.18 Å². The van der Waals surface area contributed by atoms with Crippen molar-refractivity contribution in [3.05, 3.63) is 12.2 Å². The number of halogens is 3. The molecule has 0 aromatic heterocycles. The second kappa shape index (κ2) is 2.66. The summed E-state index contributed by atoms with van der Waals surface area (Å²) in [4.78, 5) is 0. The Bertz CT molecular complexity index is 134. The number of hydrogen-bond donors (Lipinski definition) is 1. The minimum atomic E-state index is -4.49. The van der Waals surface area contributed by atoms with Crippen molar-refractivity contribution in [2.24, 2.45) is 0 Å². The Kier molecular flexibility index (Phi) is 2.42. The molecule has 0 aromatic carbocycles. The number of hydrogen-bond acceptors (Lipinski definition) is 1. The van der Waals surface area contributed by atoms with Crippen molar-refractivity contribution in [1.29, 1.82) is 5.41 Å². The number of rotatable bonds is 1. The molecule has 4 heteroatoms. The van der Waals surface area contributed by atoms with Crippen LogP contribution >= 0.6 is 0 Å². The average molecular weight is 137 g/mol. The Morgan fingerprint density at radius 1 is 1.44 bits per heavy atom. The van der Waals surface area contributed by atoms with Crippen LogP contribution in [0.25, 0.3) is 0 Å². The SMILES string of the molecule is C/C=C\C(=N)C(F)(F)F. The zero-order valence-electron chi connectivity index (χ0n) is 4.79. The molecule has 0 unspecified atom stereocenters. The van der Waals surface area contributed by atoms with Crippen molar-refractivity contribution in [2.75, 3.05) is 0 Å². The van der Waals surface area contributed by atoms with E-state index < -0.39 is 11.9 Å². The molecule has 0 atom stereocenters. The van der Waals surface area contributed by atoms with Gasteiger partial charge in [0.15, 0.2) is 0 Å². The van der Waals surface area contributed by atoms with Gasteiger partial charge in [0, 0.05) is 0 Å². The van der Waals surface area contributed by atoms with E-state index in [1.807, 2.05) is 0 Å². The first-order valence-electron chi connectivity index (χ1n) is 2.27. The highest BCUT2D eigenvalue weighted by atomic mass is 19.4. The van der Waals surface area contributed by atoms with E-state index >= 15 is 0 Å². The van der Waals surface area contributed by atoms with Crippen LogP contribution in [0, 0.1) is 5.41 Å². The molecule has 1 nitrogen and oxygen atoms in total. The molecule has 0 spiro atoms. The fourth-order valence-corrected chi connectivity index (χ4v) is 0.261. The summed E-state index contributed by atoms with van der Waals surface area (Å²) in [7, 11) is 0. The van der Waals surface area contributed by atoms with Gasteiger partial charge in [-0.2, -0.15) is 13.2 Å². The van der Waals surface area contributed by atoms with Gasteiger partial charge in [0.05, 0.1) is 0 Å². The second-order valence-corrected chi connectivity index (χ2v) is 1.41. The van der Waals surface area contributed by atoms with Gasteiger partial charge in [-0.3, -0.25) is 5.41 Å². The van der Waals surface area contributed by atoms with Crippen molar-refractivity contribution in [2.45, 2.75) is 13.1 Å². The van der Waals surface area contributed by atoms with Crippen LogP contribution in [0.3, 0.4) is 0 Å². The van der Waals surface area contributed by atoms with E-state index in [4.69, 9.17) is 5.41 Å². The quantitative estimate of drug-likeness (QED) is 0.535. The summed E-state index contributed by atoms with van der Waals surface area (Å²) < 4.78 is 34.1. The fourth-order valence-electron chi connectivity index (χ4n) is 0.261. The van der Waals surface area contributed by atoms with Crippen LogP contribution in [0.2, 0.25) is 0 Å². The standard InChI is InChI=1S/C5H6F3N/c1-2-3-4(9)5(6,7)8/h2-3,9H,1H3/b3-2-,9-4?. The van der Waals surface area contributed by atoms with Crippen molar-refractivity contribution < 1.29 is 13.2 Å². The predicted molar refractivity (Wildman–Crippen MR) is 28.6 cm³/mol. The average Bonchev–Trinajstić information content (AvgIpc) is 1.64. The molecule has 0 saturated carbocycles. The molecule has 0 saturated heterocycles. The smallest absolute Gasteiger partial charge is 0.296 e. The molecule has 0 aromatic rings. The first kappa shape index (κ1) is 8.20. The van der Waals surface area contributed by atoms with E-state index in [0.717, 1.165) is 0 Å². The Morgan fingerprint density at radius 2 is 1.89 bits per heavy atom. The van der Waals surface area contributed by atoms with E-state index in [1.165, 1.54) is 13.0 Å². The van der Waals surface area contributed by atoms with Gasteiger partial charge in [0.2, 0.25) is 0 Å². The van der Waals surface area contributed by atoms with Gasteiger partial charge in [0.25, 0.3) is 0 Å². The molecule has 0 heterocycles. The van der Waals surface area contributed by atoms with Gasteiger partial charge in [-0.1, -0.05) is 6.08 Å². The molecule has 0 amide bonds. The molecular formula is C5H6F3N. The molecular weight excluding hydrogens is 131 g/mol. The van der Waals surface area contributed by atoms with Crippen LogP contribution in [-0.4, -0.2) is 11.9 Å². The van der Waals surface area contributed by atoms with Gasteiger partial charge in [-0.05, 0) is 13.0 Å². The van der Waals surface area contributed by atoms with E-state index in [-0.39, 0.29) is 0 Å². The molecule has 0 aliphatic rings. The van der Waals surface area contributed by atoms with Crippen LogP contribution in [0.5, 0.6) is 0 Å². The third kappa shape index (κ3) is 2.90. The van der Waals surface area contributed by atoms with Crippen molar-refractivity contribution in [1.82, 2.24) is 0 Å². The van der Waals surface area contributed by atoms with Gasteiger partial charge in [-0.25, -0.2) is 0 Å². The lowest BCUT2D eigenvalue weighted by atomic mass is 10.3. The predicted octanol–water partition coefficient (Wildman–Crippen LogP) is 2.14. The zero-order chi connectivity index (χ0) is 7.49. The van der Waals surface area contributed by atoms with Crippen LogP contribution in [0.15, 0.2) is 12.2 Å². The Hall–Kier alpha value is -0.800. The van der Waals surface area contributed by atoms with Gasteiger partial charge < -0.3 is 0 Å². The summed E-state index contributed by atoms with van der Waals surface area (Å²) >= 11 is 0. The van der Waals surface area contributed by atoms with Gasteiger partial charge in [-0.15, -0.1) is 0 Å². The number of alkyl halides is 3. The maximum absolute atomic E-state index is 11.4. The molecule has 0 aliphatic carbocycles. The van der Waals surface area contributed by atoms with E-state index in [1.54, 1.807) is 0 Å². The van der Waals surface area contributed by atoms with E-state index in [9.17, 15) is 13.2 Å². The highest BCUT2D eigenvalue weighted by Crippen LogP contribution is 2.16. The molecule has 0 fully saturated rings.